The predicted octanol–water partition coefficient (Wildman–Crippen LogP) is 1.42. The molecule has 0 rings (SSSR count). The highest BCUT2D eigenvalue weighted by Crippen LogP contribution is 1.72. The highest BCUT2D eigenvalue weighted by Gasteiger charge is 1.65. The van der Waals surface area contributed by atoms with Gasteiger partial charge in [-0.1, -0.05) is 12.1 Å². The van der Waals surface area contributed by atoms with Crippen LogP contribution < -0.4 is 0 Å². The van der Waals surface area contributed by atoms with E-state index in [0.717, 1.165) is 0 Å². The lowest BCUT2D eigenvalue weighted by Crippen LogP contribution is -1.78. The fourth-order valence-corrected chi connectivity index (χ4v) is 0.175. The third kappa shape index (κ3) is 5.47. The van der Waals surface area contributed by atoms with E-state index in [1.807, 2.05) is 13.8 Å². The average Bonchev–Trinajstić information content (AvgIpc) is 1.83. The van der Waals surface area contributed by atoms with Crippen molar-refractivity contribution in [3.05, 3.63) is 0 Å². The number of rotatable bonds is 3. The molecular weight excluding hydrogens is 90.1 g/mol. The summed E-state index contributed by atoms with van der Waals surface area (Å²) in [7, 11) is 0. The third-order valence-corrected chi connectivity index (χ3v) is 0.416. The normalized spacial score (nSPS) is 13.4. The van der Waals surface area contributed by atoms with E-state index in [-0.39, 0.29) is 0 Å². The Morgan fingerprint density at radius 3 is 3.00 bits per heavy atom. The molecule has 0 aromatic heterocycles. The van der Waals surface area contributed by atoms with Crippen molar-refractivity contribution in [2.75, 3.05) is 6.61 Å². The zero-order chi connectivity index (χ0) is 6.41. The summed E-state index contributed by atoms with van der Waals surface area (Å²) in [6.45, 7) is 4.25. The Morgan fingerprint density at radius 2 is 2.57 bits per heavy atom. The van der Waals surface area contributed by atoms with Gasteiger partial charge in [0.25, 0.3) is 0 Å². The minimum atomic E-state index is 0.298. The minimum absolute atomic E-state index is 0.298. The van der Waals surface area contributed by atoms with E-state index in [1.165, 1.54) is 0 Å². The first kappa shape index (κ1) is 4.62. The second kappa shape index (κ2) is 5.47. The van der Waals surface area contributed by atoms with E-state index in [2.05, 4.69) is 9.99 Å². The largest absolute Gasteiger partial charge is 0.396 e. The van der Waals surface area contributed by atoms with Crippen LogP contribution in [0.1, 0.15) is 21.6 Å². The maximum atomic E-state index is 6.95. The predicted molar refractivity (Wildman–Crippen MR) is 30.4 cm³/mol. The molecule has 0 aromatic carbocycles. The quantitative estimate of drug-likeness (QED) is 0.391. The summed E-state index contributed by atoms with van der Waals surface area (Å²) in [5.41, 5.74) is 0. The second-order valence-electron chi connectivity index (χ2n) is 1.02. The molecule has 42 valence electrons. The van der Waals surface area contributed by atoms with E-state index < -0.39 is 0 Å². The third-order valence-electron chi connectivity index (χ3n) is 0.416. The van der Waals surface area contributed by atoms with Crippen LogP contribution in [0.4, 0.5) is 0 Å². The van der Waals surface area contributed by atoms with Crippen molar-refractivity contribution in [1.82, 2.24) is 0 Å². The molecule has 0 aliphatic rings. The van der Waals surface area contributed by atoms with Crippen LogP contribution in [0.5, 0.6) is 0 Å². The van der Waals surface area contributed by atoms with Crippen LogP contribution in [0.2, 0.25) is 0 Å². The summed E-state index contributed by atoms with van der Waals surface area (Å²) in [6.07, 6.45) is 0.937. The molecule has 0 atom stereocenters. The van der Waals surface area contributed by atoms with Crippen LogP contribution in [-0.4, -0.2) is 12.8 Å². The van der Waals surface area contributed by atoms with Gasteiger partial charge < -0.3 is 4.84 Å². The van der Waals surface area contributed by atoms with Gasteiger partial charge in [0, 0.05) is 6.19 Å². The van der Waals surface area contributed by atoms with Crippen molar-refractivity contribution in [3.8, 4) is 0 Å². The van der Waals surface area contributed by atoms with Crippen LogP contribution >= 0.6 is 0 Å². The Bertz CT molecular complexity index is 82.5. The van der Waals surface area contributed by atoms with E-state index in [0.29, 0.717) is 19.2 Å². The van der Waals surface area contributed by atoms with Crippen LogP contribution in [0.15, 0.2) is 5.16 Å². The molecule has 0 saturated heterocycles. The molecule has 0 fully saturated rings. The van der Waals surface area contributed by atoms with Gasteiger partial charge >= 0.3 is 0 Å². The van der Waals surface area contributed by atoms with E-state index in [4.69, 9.17) is 1.37 Å². The molecule has 0 saturated carbocycles. The van der Waals surface area contributed by atoms with Gasteiger partial charge in [-0.15, -0.1) is 0 Å². The lowest BCUT2D eigenvalue weighted by atomic mass is 10.6. The van der Waals surface area contributed by atoms with Gasteiger partial charge in [0.05, 0.1) is 1.37 Å². The maximum absolute atomic E-state index is 6.95. The highest BCUT2D eigenvalue weighted by atomic mass is 16.6. The minimum Gasteiger partial charge on any atom is -0.396 e. The van der Waals surface area contributed by atoms with Crippen molar-refractivity contribution < 1.29 is 6.21 Å². The van der Waals surface area contributed by atoms with Crippen LogP contribution in [0.25, 0.3) is 0 Å². The summed E-state index contributed by atoms with van der Waals surface area (Å²) in [4.78, 5) is 4.59. The molecule has 2 heteroatoms. The summed E-state index contributed by atoms with van der Waals surface area (Å²) < 4.78 is 6.95. The standard InChI is InChI=1S/C5H11NO/c1-3-5-6-7-4-2/h5H,3-4H2,1-2H3/b6-5-/i5T. The first-order valence-electron chi connectivity index (χ1n) is 2.96. The van der Waals surface area contributed by atoms with Crippen LogP contribution in [-0.2, 0) is 4.84 Å². The lowest BCUT2D eigenvalue weighted by molar-refractivity contribution is 0.160. The topological polar surface area (TPSA) is 21.6 Å². The van der Waals surface area contributed by atoms with Gasteiger partial charge in [-0.2, -0.15) is 0 Å². The summed E-state index contributed by atoms with van der Waals surface area (Å²) >= 11 is 0. The van der Waals surface area contributed by atoms with Crippen LogP contribution in [0, 0.1) is 0 Å². The monoisotopic (exact) mass is 103 g/mol. The summed E-state index contributed by atoms with van der Waals surface area (Å²) in [5, 5.41) is 3.44. The zero-order valence-corrected chi connectivity index (χ0v) is 4.77. The van der Waals surface area contributed by atoms with Crippen molar-refractivity contribution in [2.45, 2.75) is 20.3 Å². The van der Waals surface area contributed by atoms with Gasteiger partial charge in [-0.05, 0) is 13.3 Å². The van der Waals surface area contributed by atoms with Gasteiger partial charge in [0.2, 0.25) is 0 Å². The maximum Gasteiger partial charge on any atom is 0.114 e. The number of nitrogens with zero attached hydrogens (tertiary/aromatic N) is 1. The molecule has 0 aliphatic heterocycles. The zero-order valence-electron chi connectivity index (χ0n) is 5.77. The Labute approximate surface area is 45.6 Å². The molecule has 2 nitrogen and oxygen atoms in total. The van der Waals surface area contributed by atoms with Gasteiger partial charge in [0.1, 0.15) is 6.61 Å². The number of hydrogen-bond acceptors (Lipinski definition) is 2. The van der Waals surface area contributed by atoms with E-state index in [1.54, 1.807) is 0 Å². The molecule has 7 heavy (non-hydrogen) atoms. The average molecular weight is 103 g/mol. The molecule has 0 amide bonds. The Morgan fingerprint density at radius 1 is 1.86 bits per heavy atom. The Hall–Kier alpha value is -0.530. The molecular formula is C5H11NO. The molecule has 0 aromatic rings. The van der Waals surface area contributed by atoms with Crippen molar-refractivity contribution >= 4 is 6.19 Å². The Kier molecular flexibility index (Phi) is 3.61. The molecule has 0 radical (unpaired) electrons. The van der Waals surface area contributed by atoms with Crippen LogP contribution in [0.3, 0.4) is 0 Å². The molecule has 0 heterocycles. The number of hydrogen-bond donors (Lipinski definition) is 0. The highest BCUT2D eigenvalue weighted by molar-refractivity contribution is 5.55. The van der Waals surface area contributed by atoms with Gasteiger partial charge in [-0.3, -0.25) is 0 Å². The fourth-order valence-electron chi connectivity index (χ4n) is 0.175. The molecule has 0 N–H and O–H groups in total. The smallest absolute Gasteiger partial charge is 0.114 e. The summed E-state index contributed by atoms with van der Waals surface area (Å²) in [6, 6.07) is 0. The lowest BCUT2D eigenvalue weighted by Gasteiger charge is -1.86. The summed E-state index contributed by atoms with van der Waals surface area (Å²) in [5.74, 6) is 0. The van der Waals surface area contributed by atoms with Crippen molar-refractivity contribution in [1.29, 1.82) is 0 Å². The fraction of sp³-hybridized carbons (Fsp3) is 0.800. The second-order valence-corrected chi connectivity index (χ2v) is 1.02. The van der Waals surface area contributed by atoms with Crippen molar-refractivity contribution in [3.63, 3.8) is 0 Å². The SMILES string of the molecule is [3H]/C(CC)=N/OCC. The number of oxime groups is 1. The molecule has 0 bridgehead atoms. The van der Waals surface area contributed by atoms with Gasteiger partial charge in [0.15, 0.2) is 0 Å². The van der Waals surface area contributed by atoms with Crippen molar-refractivity contribution in [2.24, 2.45) is 5.16 Å². The molecule has 0 aliphatic carbocycles. The first-order chi connectivity index (χ1) is 3.81. The van der Waals surface area contributed by atoms with E-state index in [9.17, 15) is 0 Å². The van der Waals surface area contributed by atoms with E-state index >= 15 is 0 Å². The van der Waals surface area contributed by atoms with Gasteiger partial charge in [-0.25, -0.2) is 0 Å². The Balaban J connectivity index is 3.26. The first-order valence-corrected chi connectivity index (χ1v) is 2.46. The molecule has 0 spiro atoms. The molecule has 0 unspecified atom stereocenters.